The molecule has 2 aliphatic rings. The fourth-order valence-electron chi connectivity index (χ4n) is 7.17. The van der Waals surface area contributed by atoms with Crippen LogP contribution in [0.3, 0.4) is 0 Å². The highest BCUT2D eigenvalue weighted by Gasteiger charge is 2.48. The van der Waals surface area contributed by atoms with Crippen molar-refractivity contribution in [3.05, 3.63) is 95.8 Å². The highest BCUT2D eigenvalue weighted by Crippen LogP contribution is 2.42. The Hall–Kier alpha value is -3.75. The van der Waals surface area contributed by atoms with Crippen LogP contribution in [-0.4, -0.2) is 70.7 Å². The summed E-state index contributed by atoms with van der Waals surface area (Å²) in [7, 11) is 0. The number of carbonyl (C=O) groups excluding carboxylic acids is 1. The van der Waals surface area contributed by atoms with E-state index in [2.05, 4.69) is 56.9 Å². The van der Waals surface area contributed by atoms with E-state index in [9.17, 15) is 9.18 Å². The summed E-state index contributed by atoms with van der Waals surface area (Å²) in [5, 5.41) is 3.75. The first-order valence-corrected chi connectivity index (χ1v) is 16.6. The number of carbonyl (C=O) groups is 1. The molecule has 2 fully saturated rings. The van der Waals surface area contributed by atoms with E-state index in [1.807, 2.05) is 43.3 Å². The zero-order chi connectivity index (χ0) is 31.2. The minimum atomic E-state index is -0.485. The van der Waals surface area contributed by atoms with Gasteiger partial charge in [0, 0.05) is 38.8 Å². The Balaban J connectivity index is 1.10. The number of likely N-dealkylation sites (tertiary alicyclic amines) is 2. The van der Waals surface area contributed by atoms with Crippen molar-refractivity contribution < 1.29 is 13.9 Å². The highest BCUT2D eigenvalue weighted by atomic mass is 19.1. The van der Waals surface area contributed by atoms with Gasteiger partial charge in [-0.15, -0.1) is 0 Å². The van der Waals surface area contributed by atoms with Gasteiger partial charge in [-0.1, -0.05) is 54.6 Å². The number of ether oxygens (including phenoxy) is 1. The third kappa shape index (κ3) is 7.07. The van der Waals surface area contributed by atoms with Gasteiger partial charge in [-0.25, -0.2) is 9.37 Å². The Morgan fingerprint density at radius 1 is 0.978 bits per heavy atom. The molecule has 0 spiro atoms. The van der Waals surface area contributed by atoms with Crippen molar-refractivity contribution in [2.24, 2.45) is 5.41 Å². The second-order valence-electron chi connectivity index (χ2n) is 12.7. The van der Waals surface area contributed by atoms with Crippen LogP contribution in [0.5, 0.6) is 0 Å². The van der Waals surface area contributed by atoms with Gasteiger partial charge in [0.1, 0.15) is 5.82 Å². The second-order valence-corrected chi connectivity index (χ2v) is 12.7. The number of benzene rings is 3. The molecule has 1 N–H and O–H groups in total. The van der Waals surface area contributed by atoms with E-state index in [1.54, 1.807) is 0 Å². The Morgan fingerprint density at radius 3 is 2.47 bits per heavy atom. The maximum atomic E-state index is 14.2. The summed E-state index contributed by atoms with van der Waals surface area (Å²) in [4.78, 5) is 23.7. The molecule has 45 heavy (non-hydrogen) atoms. The van der Waals surface area contributed by atoms with Crippen LogP contribution in [0.1, 0.15) is 56.7 Å². The summed E-state index contributed by atoms with van der Waals surface area (Å²) in [6.07, 6.45) is 4.29. The quantitative estimate of drug-likeness (QED) is 0.171. The number of piperidine rings is 1. The number of rotatable bonds is 13. The fraction of sp³-hybridized carbons (Fsp3) is 0.459. The van der Waals surface area contributed by atoms with Gasteiger partial charge in [-0.3, -0.25) is 4.79 Å². The van der Waals surface area contributed by atoms with Crippen LogP contribution in [0, 0.1) is 11.2 Å². The number of amides is 1. The number of para-hydroxylation sites is 2. The predicted octanol–water partition coefficient (Wildman–Crippen LogP) is 6.70. The maximum absolute atomic E-state index is 14.2. The summed E-state index contributed by atoms with van der Waals surface area (Å²) in [6.45, 7) is 9.84. The molecular formula is C37H46FN5O2. The molecule has 0 aliphatic carbocycles. The molecular weight excluding hydrogens is 565 g/mol. The van der Waals surface area contributed by atoms with Crippen LogP contribution in [0.25, 0.3) is 11.0 Å². The normalized spacial score (nSPS) is 20.2. The lowest BCUT2D eigenvalue weighted by molar-refractivity contribution is -0.138. The van der Waals surface area contributed by atoms with Gasteiger partial charge in [0.2, 0.25) is 11.9 Å². The van der Waals surface area contributed by atoms with Crippen LogP contribution in [-0.2, 0) is 22.5 Å². The number of fused-ring (bicyclic) bond motifs is 1. The molecule has 2 saturated heterocycles. The van der Waals surface area contributed by atoms with Crippen LogP contribution in [0.2, 0.25) is 0 Å². The SMILES string of the molecule is CCOCCn1c(NC2CCN(CCC3(Cc4ccc(F)cc4)CCN([C@H](C)c4ccccc4)C3=O)CC2)nc2ccccc21. The average Bonchev–Trinajstić information content (AvgIpc) is 3.58. The molecule has 238 valence electrons. The summed E-state index contributed by atoms with van der Waals surface area (Å²) < 4.78 is 21.6. The Kier molecular flexibility index (Phi) is 9.81. The average molecular weight is 612 g/mol. The van der Waals surface area contributed by atoms with E-state index in [4.69, 9.17) is 9.72 Å². The van der Waals surface area contributed by atoms with E-state index < -0.39 is 5.41 Å². The Morgan fingerprint density at radius 2 is 1.71 bits per heavy atom. The van der Waals surface area contributed by atoms with Crippen molar-refractivity contribution in [2.45, 2.75) is 64.6 Å². The first kappa shape index (κ1) is 31.2. The molecule has 1 unspecified atom stereocenters. The van der Waals surface area contributed by atoms with Crippen molar-refractivity contribution in [2.75, 3.05) is 44.7 Å². The zero-order valence-electron chi connectivity index (χ0n) is 26.6. The van der Waals surface area contributed by atoms with Gasteiger partial charge in [0.05, 0.1) is 29.1 Å². The van der Waals surface area contributed by atoms with Crippen molar-refractivity contribution in [3.63, 3.8) is 0 Å². The fourth-order valence-corrected chi connectivity index (χ4v) is 7.17. The van der Waals surface area contributed by atoms with Gasteiger partial charge in [0.15, 0.2) is 0 Å². The van der Waals surface area contributed by atoms with E-state index in [-0.39, 0.29) is 17.8 Å². The van der Waals surface area contributed by atoms with Gasteiger partial charge in [-0.05, 0) is 87.9 Å². The van der Waals surface area contributed by atoms with Crippen LogP contribution < -0.4 is 5.32 Å². The molecule has 3 aromatic carbocycles. The monoisotopic (exact) mass is 611 g/mol. The standard InChI is InChI=1S/C37H46FN5O2/c1-3-45-26-25-43-34-12-8-7-11-33(34)40-36(43)39-32-17-21-41(22-18-32)23-19-37(27-29-13-15-31(38)16-14-29)20-24-42(35(37)44)28(2)30-9-5-4-6-10-30/h4-16,28,32H,3,17-27H2,1-2H3,(H,39,40)/t28-,37?/m1/s1. The van der Waals surface area contributed by atoms with Gasteiger partial charge >= 0.3 is 0 Å². The third-order valence-corrected chi connectivity index (χ3v) is 9.90. The van der Waals surface area contributed by atoms with Gasteiger partial charge in [0.25, 0.3) is 0 Å². The molecule has 7 nitrogen and oxygen atoms in total. The molecule has 3 heterocycles. The molecule has 0 radical (unpaired) electrons. The molecule has 0 saturated carbocycles. The Labute approximate surface area is 266 Å². The lowest BCUT2D eigenvalue weighted by atomic mass is 9.77. The van der Waals surface area contributed by atoms with Crippen molar-refractivity contribution in [1.82, 2.24) is 19.4 Å². The van der Waals surface area contributed by atoms with E-state index in [0.717, 1.165) is 86.5 Å². The predicted molar refractivity (Wildman–Crippen MR) is 178 cm³/mol. The third-order valence-electron chi connectivity index (χ3n) is 9.90. The topological polar surface area (TPSA) is 62.6 Å². The lowest BCUT2D eigenvalue weighted by Gasteiger charge is -2.36. The second kappa shape index (κ2) is 14.1. The number of aromatic nitrogens is 2. The van der Waals surface area contributed by atoms with E-state index in [0.29, 0.717) is 25.7 Å². The maximum Gasteiger partial charge on any atom is 0.229 e. The molecule has 1 aromatic heterocycles. The molecule has 2 aliphatic heterocycles. The highest BCUT2D eigenvalue weighted by molar-refractivity contribution is 5.85. The first-order chi connectivity index (χ1) is 22.0. The number of hydrogen-bond acceptors (Lipinski definition) is 5. The first-order valence-electron chi connectivity index (χ1n) is 16.6. The molecule has 8 heteroatoms. The molecule has 6 rings (SSSR count). The largest absolute Gasteiger partial charge is 0.380 e. The number of imidazole rings is 1. The number of anilines is 1. The van der Waals surface area contributed by atoms with Crippen molar-refractivity contribution in [3.8, 4) is 0 Å². The van der Waals surface area contributed by atoms with Crippen LogP contribution in [0.15, 0.2) is 78.9 Å². The number of nitrogens with one attached hydrogen (secondary N) is 1. The summed E-state index contributed by atoms with van der Waals surface area (Å²) >= 11 is 0. The van der Waals surface area contributed by atoms with Crippen LogP contribution >= 0.6 is 0 Å². The Bertz CT molecular complexity index is 1550. The zero-order valence-corrected chi connectivity index (χ0v) is 26.6. The molecule has 0 bridgehead atoms. The molecule has 4 aromatic rings. The van der Waals surface area contributed by atoms with Crippen molar-refractivity contribution in [1.29, 1.82) is 0 Å². The lowest BCUT2D eigenvalue weighted by Crippen LogP contribution is -2.43. The molecule has 2 atom stereocenters. The van der Waals surface area contributed by atoms with Crippen LogP contribution in [0.4, 0.5) is 10.3 Å². The molecule has 1 amide bonds. The summed E-state index contributed by atoms with van der Waals surface area (Å²) in [5.41, 5.74) is 3.82. The van der Waals surface area contributed by atoms with Gasteiger partial charge in [-0.2, -0.15) is 0 Å². The van der Waals surface area contributed by atoms with E-state index in [1.165, 1.54) is 12.1 Å². The van der Waals surface area contributed by atoms with Crippen molar-refractivity contribution >= 4 is 22.9 Å². The smallest absolute Gasteiger partial charge is 0.229 e. The number of hydrogen-bond donors (Lipinski definition) is 1. The summed E-state index contributed by atoms with van der Waals surface area (Å²) in [6, 6.07) is 25.6. The minimum absolute atomic E-state index is 0.0216. The van der Waals surface area contributed by atoms with E-state index >= 15 is 0 Å². The number of halogens is 1. The minimum Gasteiger partial charge on any atom is -0.380 e. The summed E-state index contributed by atoms with van der Waals surface area (Å²) in [5.74, 6) is 0.897. The number of nitrogens with zero attached hydrogens (tertiary/aromatic N) is 4. The van der Waals surface area contributed by atoms with Gasteiger partial charge < -0.3 is 24.4 Å².